The third-order valence-corrected chi connectivity index (χ3v) is 4.95. The lowest BCUT2D eigenvalue weighted by Crippen LogP contribution is -2.38. The molecule has 27 heavy (non-hydrogen) atoms. The fourth-order valence-electron chi connectivity index (χ4n) is 2.70. The van der Waals surface area contributed by atoms with E-state index in [1.165, 1.54) is 22.2 Å². The molecule has 1 aliphatic heterocycles. The lowest BCUT2D eigenvalue weighted by molar-refractivity contribution is -0.127. The Hall–Kier alpha value is -3.07. The molecule has 1 amide bonds. The third kappa shape index (κ3) is 3.59. The van der Waals surface area contributed by atoms with Gasteiger partial charge in [0.25, 0.3) is 11.5 Å². The number of nitrogens with one attached hydrogen (secondary N) is 1. The number of rotatable bonds is 6. The largest absolute Gasteiger partial charge is 0.481 e. The van der Waals surface area contributed by atoms with Crippen molar-refractivity contribution in [2.75, 3.05) is 13.3 Å². The van der Waals surface area contributed by atoms with Crippen LogP contribution in [-0.2, 0) is 11.3 Å². The van der Waals surface area contributed by atoms with Gasteiger partial charge in [-0.15, -0.1) is 11.3 Å². The molecule has 3 aromatic rings. The molecule has 0 radical (unpaired) electrons. The molecule has 2 aromatic heterocycles. The first-order chi connectivity index (χ1) is 13.1. The van der Waals surface area contributed by atoms with Gasteiger partial charge in [-0.2, -0.15) is 0 Å². The number of amides is 1. The number of benzene rings is 1. The highest BCUT2D eigenvalue weighted by atomic mass is 32.1. The normalized spacial score (nSPS) is 13.5. The summed E-state index contributed by atoms with van der Waals surface area (Å²) in [5, 5.41) is 5.19. The van der Waals surface area contributed by atoms with Crippen molar-refractivity contribution in [2.45, 2.75) is 19.6 Å². The van der Waals surface area contributed by atoms with Crippen LogP contribution in [0, 0.1) is 0 Å². The van der Waals surface area contributed by atoms with E-state index in [1.807, 2.05) is 5.38 Å². The van der Waals surface area contributed by atoms with E-state index >= 15 is 0 Å². The average molecular weight is 387 g/mol. The van der Waals surface area contributed by atoms with Gasteiger partial charge >= 0.3 is 0 Å². The molecular formula is C18H17N3O5S. The first-order valence-corrected chi connectivity index (χ1v) is 9.26. The van der Waals surface area contributed by atoms with Crippen LogP contribution in [0.1, 0.15) is 6.92 Å². The van der Waals surface area contributed by atoms with Gasteiger partial charge in [-0.25, -0.2) is 4.98 Å². The number of fused-ring (bicyclic) bond motifs is 2. The Labute approximate surface area is 158 Å². The molecule has 4 rings (SSSR count). The van der Waals surface area contributed by atoms with Crippen LogP contribution in [0.25, 0.3) is 10.2 Å². The Morgan fingerprint density at radius 3 is 3.11 bits per heavy atom. The van der Waals surface area contributed by atoms with Crippen molar-refractivity contribution in [3.8, 4) is 17.2 Å². The van der Waals surface area contributed by atoms with Crippen molar-refractivity contribution in [3.05, 3.63) is 46.3 Å². The van der Waals surface area contributed by atoms with Gasteiger partial charge in [-0.3, -0.25) is 14.2 Å². The SMILES string of the molecule is C[C@H](Oc1ccc2c(c1)OCO2)C(=O)NCCn1cnc2sccc2c1=O. The van der Waals surface area contributed by atoms with Crippen LogP contribution in [-0.4, -0.2) is 34.9 Å². The van der Waals surface area contributed by atoms with Crippen LogP contribution in [0.2, 0.25) is 0 Å². The molecule has 1 N–H and O–H groups in total. The predicted molar refractivity (Wildman–Crippen MR) is 99.5 cm³/mol. The van der Waals surface area contributed by atoms with Crippen molar-refractivity contribution in [2.24, 2.45) is 0 Å². The van der Waals surface area contributed by atoms with E-state index in [0.717, 1.165) is 0 Å². The van der Waals surface area contributed by atoms with Gasteiger partial charge in [-0.1, -0.05) is 0 Å². The lowest BCUT2D eigenvalue weighted by Gasteiger charge is -2.15. The molecule has 1 aromatic carbocycles. The van der Waals surface area contributed by atoms with Crippen LogP contribution < -0.4 is 25.1 Å². The summed E-state index contributed by atoms with van der Waals surface area (Å²) in [5.41, 5.74) is -0.111. The van der Waals surface area contributed by atoms with Crippen molar-refractivity contribution in [1.82, 2.24) is 14.9 Å². The maximum atomic E-state index is 12.3. The van der Waals surface area contributed by atoms with E-state index in [-0.39, 0.29) is 18.3 Å². The molecule has 0 spiro atoms. The minimum atomic E-state index is -0.695. The molecule has 8 nitrogen and oxygen atoms in total. The zero-order chi connectivity index (χ0) is 18.8. The first kappa shape index (κ1) is 17.3. The number of thiophene rings is 1. The topological polar surface area (TPSA) is 91.7 Å². The van der Waals surface area contributed by atoms with E-state index in [1.54, 1.807) is 31.2 Å². The third-order valence-electron chi connectivity index (χ3n) is 4.13. The average Bonchev–Trinajstić information content (AvgIpc) is 3.32. The second kappa shape index (κ2) is 7.28. The van der Waals surface area contributed by atoms with E-state index in [2.05, 4.69) is 10.3 Å². The van der Waals surface area contributed by atoms with Gasteiger partial charge in [-0.05, 0) is 30.5 Å². The van der Waals surface area contributed by atoms with Crippen molar-refractivity contribution >= 4 is 27.5 Å². The van der Waals surface area contributed by atoms with Gasteiger partial charge in [0.1, 0.15) is 10.6 Å². The van der Waals surface area contributed by atoms with Crippen LogP contribution >= 0.6 is 11.3 Å². The summed E-state index contributed by atoms with van der Waals surface area (Å²) in [5.74, 6) is 1.49. The standard InChI is InChI=1S/C18H17N3O5S/c1-11(26-12-2-3-14-15(8-12)25-10-24-14)16(22)19-5-6-21-9-20-17-13(18(21)23)4-7-27-17/h2-4,7-9,11H,5-6,10H2,1H3,(H,19,22)/t11-/m0/s1. The van der Waals surface area contributed by atoms with E-state index in [9.17, 15) is 9.59 Å². The summed E-state index contributed by atoms with van der Waals surface area (Å²) in [4.78, 5) is 29.5. The van der Waals surface area contributed by atoms with Crippen LogP contribution in [0.5, 0.6) is 17.2 Å². The fourth-order valence-corrected chi connectivity index (χ4v) is 3.43. The van der Waals surface area contributed by atoms with Crippen LogP contribution in [0.4, 0.5) is 0 Å². The number of carbonyl (C=O) groups excluding carboxylic acids is 1. The summed E-state index contributed by atoms with van der Waals surface area (Å²) >= 11 is 1.42. The molecule has 0 fully saturated rings. The molecule has 3 heterocycles. The summed E-state index contributed by atoms with van der Waals surface area (Å²) in [6.07, 6.45) is 0.805. The van der Waals surface area contributed by atoms with Crippen LogP contribution in [0.15, 0.2) is 40.8 Å². The molecule has 9 heteroatoms. The highest BCUT2D eigenvalue weighted by molar-refractivity contribution is 7.16. The molecule has 0 aliphatic carbocycles. The maximum absolute atomic E-state index is 12.3. The zero-order valence-corrected chi connectivity index (χ0v) is 15.3. The molecule has 1 aliphatic rings. The summed E-state index contributed by atoms with van der Waals surface area (Å²) < 4.78 is 17.7. The Morgan fingerprint density at radius 1 is 1.37 bits per heavy atom. The quantitative estimate of drug-likeness (QED) is 0.693. The highest BCUT2D eigenvalue weighted by Crippen LogP contribution is 2.35. The molecule has 0 saturated heterocycles. The number of hydrogen-bond donors (Lipinski definition) is 1. The Balaban J connectivity index is 1.32. The summed E-state index contributed by atoms with van der Waals surface area (Å²) in [6, 6.07) is 6.90. The smallest absolute Gasteiger partial charge is 0.262 e. The summed E-state index contributed by atoms with van der Waals surface area (Å²) in [7, 11) is 0. The minimum absolute atomic E-state index is 0.111. The van der Waals surface area contributed by atoms with Gasteiger partial charge in [0, 0.05) is 19.2 Å². The van der Waals surface area contributed by atoms with Gasteiger partial charge in [0.2, 0.25) is 6.79 Å². The Bertz CT molecular complexity index is 1040. The van der Waals surface area contributed by atoms with Crippen LogP contribution in [0.3, 0.4) is 0 Å². The van der Waals surface area contributed by atoms with Gasteiger partial charge in [0.05, 0.1) is 11.7 Å². The van der Waals surface area contributed by atoms with Gasteiger partial charge < -0.3 is 19.5 Å². The van der Waals surface area contributed by atoms with E-state index in [0.29, 0.717) is 40.6 Å². The van der Waals surface area contributed by atoms with Gasteiger partial charge in [0.15, 0.2) is 17.6 Å². The van der Waals surface area contributed by atoms with Crippen molar-refractivity contribution < 1.29 is 19.0 Å². The number of nitrogens with zero attached hydrogens (tertiary/aromatic N) is 2. The first-order valence-electron chi connectivity index (χ1n) is 8.38. The predicted octanol–water partition coefficient (Wildman–Crippen LogP) is 1.77. The highest BCUT2D eigenvalue weighted by Gasteiger charge is 2.18. The fraction of sp³-hybridized carbons (Fsp3) is 0.278. The number of hydrogen-bond acceptors (Lipinski definition) is 7. The summed E-state index contributed by atoms with van der Waals surface area (Å²) in [6.45, 7) is 2.47. The van der Waals surface area contributed by atoms with Crippen molar-refractivity contribution in [3.63, 3.8) is 0 Å². The number of ether oxygens (including phenoxy) is 3. The molecule has 1 atom stereocenters. The zero-order valence-electron chi connectivity index (χ0n) is 14.5. The molecule has 0 unspecified atom stereocenters. The molecule has 0 bridgehead atoms. The lowest BCUT2D eigenvalue weighted by atomic mass is 10.3. The van der Waals surface area contributed by atoms with E-state index < -0.39 is 6.10 Å². The molecule has 140 valence electrons. The Kier molecular flexibility index (Phi) is 4.68. The minimum Gasteiger partial charge on any atom is -0.481 e. The second-order valence-electron chi connectivity index (χ2n) is 5.95. The monoisotopic (exact) mass is 387 g/mol. The number of carbonyl (C=O) groups is 1. The molecular weight excluding hydrogens is 370 g/mol. The number of aromatic nitrogens is 2. The van der Waals surface area contributed by atoms with E-state index in [4.69, 9.17) is 14.2 Å². The maximum Gasteiger partial charge on any atom is 0.262 e. The Morgan fingerprint density at radius 2 is 2.22 bits per heavy atom. The second-order valence-corrected chi connectivity index (χ2v) is 6.84. The molecule has 0 saturated carbocycles. The van der Waals surface area contributed by atoms with Crippen molar-refractivity contribution in [1.29, 1.82) is 0 Å².